The topological polar surface area (TPSA) is 75.4 Å². The SMILES string of the molecule is Cc1noc(C)c1S(=O)(=O)NCC(C)N1CCCCC1. The number of rotatable bonds is 5. The van der Waals surface area contributed by atoms with Crippen LogP contribution in [0.3, 0.4) is 0 Å². The fourth-order valence-electron chi connectivity index (χ4n) is 2.65. The smallest absolute Gasteiger partial charge is 0.246 e. The summed E-state index contributed by atoms with van der Waals surface area (Å²) < 4.78 is 32.2. The Morgan fingerprint density at radius 1 is 1.30 bits per heavy atom. The van der Waals surface area contributed by atoms with Crippen molar-refractivity contribution < 1.29 is 12.9 Å². The lowest BCUT2D eigenvalue weighted by atomic mass is 10.1. The van der Waals surface area contributed by atoms with E-state index >= 15 is 0 Å². The number of nitrogens with zero attached hydrogens (tertiary/aromatic N) is 2. The molecule has 0 bridgehead atoms. The van der Waals surface area contributed by atoms with Crippen LogP contribution in [0.1, 0.15) is 37.6 Å². The number of piperidine rings is 1. The zero-order chi connectivity index (χ0) is 14.8. The molecule has 0 radical (unpaired) electrons. The van der Waals surface area contributed by atoms with E-state index in [4.69, 9.17) is 4.52 Å². The van der Waals surface area contributed by atoms with Gasteiger partial charge < -0.3 is 4.52 Å². The number of nitrogens with one attached hydrogen (secondary N) is 1. The lowest BCUT2D eigenvalue weighted by Crippen LogP contribution is -2.44. The Bertz CT molecular complexity index is 528. The molecule has 7 heteroatoms. The van der Waals surface area contributed by atoms with Crippen molar-refractivity contribution in [2.75, 3.05) is 19.6 Å². The highest BCUT2D eigenvalue weighted by Crippen LogP contribution is 2.19. The molecule has 1 saturated heterocycles. The molecule has 1 aliphatic rings. The molecule has 1 aromatic rings. The van der Waals surface area contributed by atoms with Gasteiger partial charge >= 0.3 is 0 Å². The summed E-state index contributed by atoms with van der Waals surface area (Å²) in [6.07, 6.45) is 3.66. The van der Waals surface area contributed by atoms with Crippen LogP contribution in [0.15, 0.2) is 9.42 Å². The Balaban J connectivity index is 1.99. The van der Waals surface area contributed by atoms with Gasteiger partial charge in [-0.1, -0.05) is 11.6 Å². The predicted octanol–water partition coefficient (Wildman–Crippen LogP) is 1.44. The molecular weight excluding hydrogens is 278 g/mol. The zero-order valence-corrected chi connectivity index (χ0v) is 13.2. The van der Waals surface area contributed by atoms with Crippen LogP contribution < -0.4 is 4.72 Å². The van der Waals surface area contributed by atoms with E-state index in [0.29, 0.717) is 18.0 Å². The minimum Gasteiger partial charge on any atom is -0.360 e. The van der Waals surface area contributed by atoms with Crippen molar-refractivity contribution in [3.63, 3.8) is 0 Å². The van der Waals surface area contributed by atoms with Crippen molar-refractivity contribution >= 4 is 10.0 Å². The van der Waals surface area contributed by atoms with Gasteiger partial charge in [0.1, 0.15) is 10.6 Å². The summed E-state index contributed by atoms with van der Waals surface area (Å²) in [5, 5.41) is 3.69. The highest BCUT2D eigenvalue weighted by Gasteiger charge is 2.25. The molecule has 1 unspecified atom stereocenters. The van der Waals surface area contributed by atoms with Crippen LogP contribution in [0.25, 0.3) is 0 Å². The van der Waals surface area contributed by atoms with Gasteiger partial charge in [0.05, 0.1) is 0 Å². The van der Waals surface area contributed by atoms with E-state index in [1.807, 2.05) is 0 Å². The van der Waals surface area contributed by atoms with Gasteiger partial charge in [0.25, 0.3) is 0 Å². The van der Waals surface area contributed by atoms with Crippen LogP contribution in [-0.2, 0) is 10.0 Å². The summed E-state index contributed by atoms with van der Waals surface area (Å²) in [7, 11) is -3.54. The van der Waals surface area contributed by atoms with E-state index in [1.54, 1.807) is 13.8 Å². The average Bonchev–Trinajstić information content (AvgIpc) is 2.77. The first-order chi connectivity index (χ1) is 9.42. The molecule has 6 nitrogen and oxygen atoms in total. The molecule has 1 N–H and O–H groups in total. The highest BCUT2D eigenvalue weighted by atomic mass is 32.2. The van der Waals surface area contributed by atoms with Crippen LogP contribution in [0.4, 0.5) is 0 Å². The zero-order valence-electron chi connectivity index (χ0n) is 12.3. The summed E-state index contributed by atoms with van der Waals surface area (Å²) in [5.41, 5.74) is 0.403. The third-order valence-corrected chi connectivity index (χ3v) is 5.49. The van der Waals surface area contributed by atoms with Gasteiger partial charge in [-0.2, -0.15) is 0 Å². The molecule has 0 saturated carbocycles. The Labute approximate surface area is 120 Å². The summed E-state index contributed by atoms with van der Waals surface area (Å²) in [6, 6.07) is 0.200. The minimum absolute atomic E-state index is 0.170. The number of hydrogen-bond acceptors (Lipinski definition) is 5. The van der Waals surface area contributed by atoms with E-state index in [9.17, 15) is 8.42 Å². The summed E-state index contributed by atoms with van der Waals surface area (Å²) in [4.78, 5) is 2.50. The van der Waals surface area contributed by atoms with Gasteiger partial charge in [-0.05, 0) is 46.7 Å². The Hall–Kier alpha value is -0.920. The second-order valence-corrected chi connectivity index (χ2v) is 7.15. The largest absolute Gasteiger partial charge is 0.360 e. The molecule has 1 fully saturated rings. The van der Waals surface area contributed by atoms with Crippen molar-refractivity contribution in [2.45, 2.75) is 51.0 Å². The van der Waals surface area contributed by atoms with Crippen LogP contribution in [-0.4, -0.2) is 44.2 Å². The fraction of sp³-hybridized carbons (Fsp3) is 0.769. The molecule has 0 amide bonds. The monoisotopic (exact) mass is 301 g/mol. The molecule has 1 aliphatic heterocycles. The number of aryl methyl sites for hydroxylation is 2. The second kappa shape index (κ2) is 6.24. The average molecular weight is 301 g/mol. The minimum atomic E-state index is -3.54. The maximum atomic E-state index is 12.3. The summed E-state index contributed by atoms with van der Waals surface area (Å²) >= 11 is 0. The normalized spacial score (nSPS) is 19.1. The van der Waals surface area contributed by atoms with Gasteiger partial charge in [0, 0.05) is 12.6 Å². The van der Waals surface area contributed by atoms with E-state index in [0.717, 1.165) is 13.1 Å². The van der Waals surface area contributed by atoms with Gasteiger partial charge in [-0.25, -0.2) is 13.1 Å². The third kappa shape index (κ3) is 3.39. The molecule has 1 aromatic heterocycles. The number of hydrogen-bond donors (Lipinski definition) is 1. The molecule has 2 rings (SSSR count). The molecular formula is C13H23N3O3S. The van der Waals surface area contributed by atoms with Crippen molar-refractivity contribution in [3.8, 4) is 0 Å². The lowest BCUT2D eigenvalue weighted by Gasteiger charge is -2.32. The van der Waals surface area contributed by atoms with E-state index < -0.39 is 10.0 Å². The number of aromatic nitrogens is 1. The van der Waals surface area contributed by atoms with E-state index in [2.05, 4.69) is 21.7 Å². The third-order valence-electron chi connectivity index (χ3n) is 3.82. The second-order valence-electron chi connectivity index (χ2n) is 5.45. The maximum absolute atomic E-state index is 12.3. The summed E-state index contributed by atoms with van der Waals surface area (Å²) in [5.74, 6) is 0.334. The van der Waals surface area contributed by atoms with E-state index in [-0.39, 0.29) is 10.9 Å². The van der Waals surface area contributed by atoms with Gasteiger partial charge in [0.15, 0.2) is 5.76 Å². The molecule has 114 valence electrons. The Kier molecular flexibility index (Phi) is 4.82. The Morgan fingerprint density at radius 2 is 1.95 bits per heavy atom. The van der Waals surface area contributed by atoms with Gasteiger partial charge in [-0.3, -0.25) is 4.90 Å². The van der Waals surface area contributed by atoms with Crippen molar-refractivity contribution in [2.24, 2.45) is 0 Å². The maximum Gasteiger partial charge on any atom is 0.246 e. The van der Waals surface area contributed by atoms with Crippen molar-refractivity contribution in [1.29, 1.82) is 0 Å². The fourth-order valence-corrected chi connectivity index (χ4v) is 4.10. The molecule has 2 heterocycles. The predicted molar refractivity (Wildman–Crippen MR) is 76.1 cm³/mol. The van der Waals surface area contributed by atoms with Crippen LogP contribution in [0.2, 0.25) is 0 Å². The standard InChI is InChI=1S/C13H23N3O3S/c1-10(16-7-5-4-6-8-16)9-14-20(17,18)13-11(2)15-19-12(13)3/h10,14H,4-9H2,1-3H3. The van der Waals surface area contributed by atoms with Gasteiger partial charge in [-0.15, -0.1) is 0 Å². The summed E-state index contributed by atoms with van der Waals surface area (Å²) in [6.45, 7) is 7.82. The van der Waals surface area contributed by atoms with Crippen molar-refractivity contribution in [1.82, 2.24) is 14.8 Å². The first-order valence-electron chi connectivity index (χ1n) is 7.08. The number of likely N-dealkylation sites (tertiary alicyclic amines) is 1. The van der Waals surface area contributed by atoms with Gasteiger partial charge in [0.2, 0.25) is 10.0 Å². The van der Waals surface area contributed by atoms with Crippen molar-refractivity contribution in [3.05, 3.63) is 11.5 Å². The highest BCUT2D eigenvalue weighted by molar-refractivity contribution is 7.89. The Morgan fingerprint density at radius 3 is 2.50 bits per heavy atom. The first kappa shape index (κ1) is 15.5. The van der Waals surface area contributed by atoms with Crippen LogP contribution in [0, 0.1) is 13.8 Å². The van der Waals surface area contributed by atoms with Crippen LogP contribution >= 0.6 is 0 Å². The molecule has 0 aliphatic carbocycles. The lowest BCUT2D eigenvalue weighted by molar-refractivity contribution is 0.175. The molecule has 20 heavy (non-hydrogen) atoms. The molecule has 0 aromatic carbocycles. The molecule has 0 spiro atoms. The first-order valence-corrected chi connectivity index (χ1v) is 8.56. The van der Waals surface area contributed by atoms with E-state index in [1.165, 1.54) is 19.3 Å². The quantitative estimate of drug-likeness (QED) is 0.890. The van der Waals surface area contributed by atoms with Crippen LogP contribution in [0.5, 0.6) is 0 Å². The molecule has 1 atom stereocenters. The number of sulfonamides is 1.